The minimum Gasteiger partial charge on any atom is -0.465 e. The Kier molecular flexibility index (Phi) is 8.40. The Labute approximate surface area is 203 Å². The number of fused-ring (bicyclic) bond motifs is 3. The van der Waals surface area contributed by atoms with E-state index in [1.807, 2.05) is 12.1 Å². The molecule has 0 bridgehead atoms. The summed E-state index contributed by atoms with van der Waals surface area (Å²) in [6.45, 7) is 6.58. The molecule has 0 spiro atoms. The second kappa shape index (κ2) is 11.5. The number of carbonyl (C=O) groups is 3. The zero-order chi connectivity index (χ0) is 25.4. The second-order valence-electron chi connectivity index (χ2n) is 8.91. The summed E-state index contributed by atoms with van der Waals surface area (Å²) in [5, 5.41) is 11.4. The van der Waals surface area contributed by atoms with Crippen molar-refractivity contribution in [3.05, 3.63) is 42.2 Å². The van der Waals surface area contributed by atoms with Gasteiger partial charge in [0.15, 0.2) is 0 Å². The highest BCUT2D eigenvalue weighted by Crippen LogP contribution is 2.29. The lowest BCUT2D eigenvalue weighted by Gasteiger charge is -2.19. The van der Waals surface area contributed by atoms with Gasteiger partial charge in [0.05, 0.1) is 18.2 Å². The normalized spacial score (nSPS) is 11.2. The molecule has 2 aromatic heterocycles. The van der Waals surface area contributed by atoms with E-state index in [1.165, 1.54) is 7.11 Å². The van der Waals surface area contributed by atoms with E-state index in [0.29, 0.717) is 43.0 Å². The summed E-state index contributed by atoms with van der Waals surface area (Å²) in [4.78, 5) is 44.5. The van der Waals surface area contributed by atoms with Gasteiger partial charge in [-0.25, -0.2) is 14.6 Å². The third kappa shape index (κ3) is 7.26. The first-order chi connectivity index (χ1) is 16.7. The van der Waals surface area contributed by atoms with Gasteiger partial charge in [0, 0.05) is 54.6 Å². The average Bonchev–Trinajstić information content (AvgIpc) is 2.82. The zero-order valence-electron chi connectivity index (χ0n) is 20.4. The number of hydrogen-bond donors (Lipinski definition) is 3. The molecule has 0 aliphatic carbocycles. The van der Waals surface area contributed by atoms with Crippen LogP contribution in [-0.4, -0.2) is 60.3 Å². The molecule has 10 nitrogen and oxygen atoms in total. The molecular formula is C25H31N5O5. The van der Waals surface area contributed by atoms with Crippen LogP contribution in [0, 0.1) is 0 Å². The molecule has 0 radical (unpaired) electrons. The third-order valence-electron chi connectivity index (χ3n) is 5.01. The highest BCUT2D eigenvalue weighted by atomic mass is 16.6. The average molecular weight is 482 g/mol. The quantitative estimate of drug-likeness (QED) is 0.241. The monoisotopic (exact) mass is 481 g/mol. The first-order valence-corrected chi connectivity index (χ1v) is 11.4. The Morgan fingerprint density at radius 3 is 2.51 bits per heavy atom. The van der Waals surface area contributed by atoms with Gasteiger partial charge in [0.25, 0.3) is 0 Å². The fourth-order valence-corrected chi connectivity index (χ4v) is 3.45. The number of amides is 2. The summed E-state index contributed by atoms with van der Waals surface area (Å²) in [7, 11) is 1.34. The van der Waals surface area contributed by atoms with Crippen LogP contribution in [0.2, 0.25) is 0 Å². The van der Waals surface area contributed by atoms with Crippen molar-refractivity contribution >= 4 is 45.5 Å². The number of nitrogens with one attached hydrogen (secondary N) is 3. The lowest BCUT2D eigenvalue weighted by atomic mass is 10.1. The minimum absolute atomic E-state index is 0.110. The number of pyridine rings is 2. The summed E-state index contributed by atoms with van der Waals surface area (Å²) < 4.78 is 9.96. The molecule has 186 valence electrons. The molecule has 3 N–H and O–H groups in total. The van der Waals surface area contributed by atoms with Crippen molar-refractivity contribution in [1.29, 1.82) is 0 Å². The van der Waals surface area contributed by atoms with Gasteiger partial charge in [-0.15, -0.1) is 0 Å². The third-order valence-corrected chi connectivity index (χ3v) is 5.01. The van der Waals surface area contributed by atoms with E-state index in [2.05, 4.69) is 25.9 Å². The summed E-state index contributed by atoms with van der Waals surface area (Å²) in [6, 6.07) is 7.09. The fraction of sp³-hybridized carbons (Fsp3) is 0.400. The maximum absolute atomic E-state index is 12.1. The van der Waals surface area contributed by atoms with Gasteiger partial charge in [0.2, 0.25) is 5.91 Å². The van der Waals surface area contributed by atoms with Gasteiger partial charge in [-0.3, -0.25) is 9.78 Å². The number of esters is 1. The van der Waals surface area contributed by atoms with Crippen LogP contribution < -0.4 is 16.0 Å². The summed E-state index contributed by atoms with van der Waals surface area (Å²) in [5.74, 6) is 0.0901. The molecule has 0 atom stereocenters. The van der Waals surface area contributed by atoms with Crippen molar-refractivity contribution in [3.63, 3.8) is 0 Å². The van der Waals surface area contributed by atoms with E-state index >= 15 is 0 Å². The van der Waals surface area contributed by atoms with Crippen LogP contribution in [0.5, 0.6) is 0 Å². The SMILES string of the molecule is COC(=O)c1ccc2c(c1)nc(NCCNC(=O)CCCNC(=O)OC(C)(C)C)c1ccncc12. The number of alkyl carbamates (subject to hydrolysis) is 1. The summed E-state index contributed by atoms with van der Waals surface area (Å²) in [5.41, 5.74) is 0.493. The van der Waals surface area contributed by atoms with Crippen LogP contribution in [0.3, 0.4) is 0 Å². The smallest absolute Gasteiger partial charge is 0.407 e. The van der Waals surface area contributed by atoms with Crippen LogP contribution >= 0.6 is 0 Å². The van der Waals surface area contributed by atoms with Gasteiger partial charge in [-0.05, 0) is 45.4 Å². The Morgan fingerprint density at radius 2 is 1.77 bits per heavy atom. The Morgan fingerprint density at radius 1 is 0.971 bits per heavy atom. The van der Waals surface area contributed by atoms with Crippen molar-refractivity contribution in [2.75, 3.05) is 32.1 Å². The van der Waals surface area contributed by atoms with Gasteiger partial charge in [-0.2, -0.15) is 0 Å². The first kappa shape index (κ1) is 25.7. The van der Waals surface area contributed by atoms with Crippen molar-refractivity contribution in [2.24, 2.45) is 0 Å². The Bertz CT molecular complexity index is 1220. The van der Waals surface area contributed by atoms with E-state index in [-0.39, 0.29) is 12.3 Å². The number of benzene rings is 1. The van der Waals surface area contributed by atoms with Crippen molar-refractivity contribution < 1.29 is 23.9 Å². The van der Waals surface area contributed by atoms with Crippen LogP contribution in [0.1, 0.15) is 44.0 Å². The van der Waals surface area contributed by atoms with E-state index < -0.39 is 17.7 Å². The molecule has 3 aromatic rings. The summed E-state index contributed by atoms with van der Waals surface area (Å²) >= 11 is 0. The van der Waals surface area contributed by atoms with Crippen molar-refractivity contribution in [2.45, 2.75) is 39.2 Å². The van der Waals surface area contributed by atoms with E-state index in [1.54, 1.807) is 45.3 Å². The second-order valence-corrected chi connectivity index (χ2v) is 8.91. The van der Waals surface area contributed by atoms with E-state index in [9.17, 15) is 14.4 Å². The Hall–Kier alpha value is -3.95. The molecular weight excluding hydrogens is 450 g/mol. The number of ether oxygens (including phenoxy) is 2. The van der Waals surface area contributed by atoms with Crippen LogP contribution in [0.25, 0.3) is 21.7 Å². The van der Waals surface area contributed by atoms with Crippen LogP contribution in [0.15, 0.2) is 36.7 Å². The first-order valence-electron chi connectivity index (χ1n) is 11.4. The molecule has 0 unspecified atom stereocenters. The molecule has 0 aliphatic heterocycles. The molecule has 1 aromatic carbocycles. The number of aromatic nitrogens is 2. The van der Waals surface area contributed by atoms with E-state index in [0.717, 1.165) is 16.2 Å². The minimum atomic E-state index is -0.556. The maximum atomic E-state index is 12.1. The molecule has 2 amide bonds. The number of nitrogens with zero attached hydrogens (tertiary/aromatic N) is 2. The number of anilines is 1. The molecule has 3 rings (SSSR count). The lowest BCUT2D eigenvalue weighted by molar-refractivity contribution is -0.121. The molecule has 35 heavy (non-hydrogen) atoms. The van der Waals surface area contributed by atoms with E-state index in [4.69, 9.17) is 9.47 Å². The number of methoxy groups -OCH3 is 1. The molecule has 0 aliphatic rings. The fourth-order valence-electron chi connectivity index (χ4n) is 3.45. The highest BCUT2D eigenvalue weighted by molar-refractivity contribution is 6.10. The predicted octanol–water partition coefficient (Wildman–Crippen LogP) is 3.40. The number of carbonyl (C=O) groups excluding carboxylic acids is 3. The molecule has 0 fully saturated rings. The maximum Gasteiger partial charge on any atom is 0.407 e. The Balaban J connectivity index is 1.53. The standard InChI is InChI=1S/C25H31N5O5/c1-25(2,3)35-24(33)29-10-5-6-21(31)27-12-13-28-22-18-9-11-26-15-19(18)17-8-7-16(23(32)34-4)14-20(17)30-22/h7-9,11,14-15H,5-6,10,12-13H2,1-4H3,(H,27,31)(H,28,30)(H,29,33). The van der Waals surface area contributed by atoms with Crippen molar-refractivity contribution in [1.82, 2.24) is 20.6 Å². The summed E-state index contributed by atoms with van der Waals surface area (Å²) in [6.07, 6.45) is 3.75. The van der Waals surface area contributed by atoms with Gasteiger partial charge in [0.1, 0.15) is 11.4 Å². The molecule has 0 saturated heterocycles. The van der Waals surface area contributed by atoms with Crippen molar-refractivity contribution in [3.8, 4) is 0 Å². The lowest BCUT2D eigenvalue weighted by Crippen LogP contribution is -2.34. The zero-order valence-corrected chi connectivity index (χ0v) is 20.4. The van der Waals surface area contributed by atoms with Gasteiger partial charge >= 0.3 is 12.1 Å². The topological polar surface area (TPSA) is 132 Å². The molecule has 2 heterocycles. The highest BCUT2D eigenvalue weighted by Gasteiger charge is 2.15. The number of rotatable bonds is 9. The molecule has 0 saturated carbocycles. The largest absolute Gasteiger partial charge is 0.465 e. The number of hydrogen-bond acceptors (Lipinski definition) is 8. The predicted molar refractivity (Wildman–Crippen MR) is 133 cm³/mol. The van der Waals surface area contributed by atoms with Crippen LogP contribution in [0.4, 0.5) is 10.6 Å². The van der Waals surface area contributed by atoms with Crippen LogP contribution in [-0.2, 0) is 14.3 Å². The van der Waals surface area contributed by atoms with Gasteiger partial charge in [-0.1, -0.05) is 6.07 Å². The van der Waals surface area contributed by atoms with Gasteiger partial charge < -0.3 is 25.4 Å². The molecule has 10 heteroatoms.